The summed E-state index contributed by atoms with van der Waals surface area (Å²) in [6.07, 6.45) is 3.97. The Morgan fingerprint density at radius 2 is 1.76 bits per heavy atom. The van der Waals surface area contributed by atoms with E-state index in [4.69, 9.17) is 0 Å². The van der Waals surface area contributed by atoms with Crippen molar-refractivity contribution in [2.24, 2.45) is 0 Å². The molecule has 1 amide bonds. The number of hydrogen-bond acceptors (Lipinski definition) is 4. The van der Waals surface area contributed by atoms with E-state index in [0.29, 0.717) is 22.6 Å². The lowest BCUT2D eigenvalue weighted by atomic mass is 10.1. The molecule has 1 saturated heterocycles. The number of amides is 1. The molecule has 2 aromatic rings. The maximum Gasteiger partial charge on any atom is 0.255 e. The van der Waals surface area contributed by atoms with Gasteiger partial charge in [0.25, 0.3) is 5.91 Å². The van der Waals surface area contributed by atoms with E-state index in [-0.39, 0.29) is 11.9 Å². The van der Waals surface area contributed by atoms with E-state index in [1.165, 1.54) is 0 Å². The highest BCUT2D eigenvalue weighted by atomic mass is 32.2. The molecule has 0 saturated carbocycles. The molecule has 0 aromatic heterocycles. The van der Waals surface area contributed by atoms with Crippen LogP contribution in [0.4, 0.5) is 5.69 Å². The molecule has 7 heteroatoms. The number of anilines is 1. The fourth-order valence-electron chi connectivity index (χ4n) is 4.28. The predicted octanol–water partition coefficient (Wildman–Crippen LogP) is 2.77. The maximum atomic E-state index is 13.0. The van der Waals surface area contributed by atoms with Crippen LogP contribution >= 0.6 is 0 Å². The summed E-state index contributed by atoms with van der Waals surface area (Å²) in [4.78, 5) is 13.1. The standard InChI is InChI=1S/C22H27N3O3S/c1-15-5-2-3-6-17(15)22(26)24-20-9-10-21(19-8-4-7-18(19)20)29(27,28)25-16-11-13-23-14-12-16/h2-3,5-6,9-10,16,23,25H,4,7-8,11-14H2,1H3,(H,24,26). The van der Waals surface area contributed by atoms with Gasteiger partial charge in [0.2, 0.25) is 10.0 Å². The Bertz CT molecular complexity index is 1030. The number of hydrogen-bond donors (Lipinski definition) is 3. The molecule has 0 unspecified atom stereocenters. The van der Waals surface area contributed by atoms with E-state index in [2.05, 4.69) is 15.4 Å². The minimum absolute atomic E-state index is 0.0289. The monoisotopic (exact) mass is 413 g/mol. The van der Waals surface area contributed by atoms with Crippen LogP contribution in [0.1, 0.15) is 46.3 Å². The Morgan fingerprint density at radius 1 is 1.03 bits per heavy atom. The summed E-state index contributed by atoms with van der Waals surface area (Å²) in [5.74, 6) is -0.166. The largest absolute Gasteiger partial charge is 0.322 e. The fourth-order valence-corrected chi connectivity index (χ4v) is 5.88. The topological polar surface area (TPSA) is 87.3 Å². The Balaban J connectivity index is 1.60. The van der Waals surface area contributed by atoms with Crippen molar-refractivity contribution in [3.8, 4) is 0 Å². The molecule has 6 nitrogen and oxygen atoms in total. The molecule has 1 aliphatic heterocycles. The van der Waals surface area contributed by atoms with Crippen LogP contribution in [0.15, 0.2) is 41.3 Å². The summed E-state index contributed by atoms with van der Waals surface area (Å²) in [5, 5.41) is 6.25. The molecule has 1 fully saturated rings. The molecule has 4 rings (SSSR count). The first-order chi connectivity index (χ1) is 14.0. The molecule has 2 aromatic carbocycles. The van der Waals surface area contributed by atoms with Crippen molar-refractivity contribution >= 4 is 21.6 Å². The van der Waals surface area contributed by atoms with Gasteiger partial charge in [0.1, 0.15) is 0 Å². The number of carbonyl (C=O) groups excluding carboxylic acids is 1. The number of rotatable bonds is 5. The van der Waals surface area contributed by atoms with Crippen molar-refractivity contribution in [2.75, 3.05) is 18.4 Å². The number of sulfonamides is 1. The van der Waals surface area contributed by atoms with E-state index >= 15 is 0 Å². The second kappa shape index (κ2) is 8.26. The average molecular weight is 414 g/mol. The van der Waals surface area contributed by atoms with Gasteiger partial charge in [0, 0.05) is 17.3 Å². The molecule has 0 radical (unpaired) electrons. The maximum absolute atomic E-state index is 13.0. The lowest BCUT2D eigenvalue weighted by molar-refractivity contribution is 0.102. The first-order valence-corrected chi connectivity index (χ1v) is 11.7. The van der Waals surface area contributed by atoms with Gasteiger partial charge in [0.05, 0.1) is 4.90 Å². The zero-order chi connectivity index (χ0) is 20.4. The quantitative estimate of drug-likeness (QED) is 0.703. The number of benzene rings is 2. The molecule has 1 heterocycles. The van der Waals surface area contributed by atoms with E-state index in [1.54, 1.807) is 18.2 Å². The number of fused-ring (bicyclic) bond motifs is 1. The molecule has 29 heavy (non-hydrogen) atoms. The molecule has 2 aliphatic rings. The summed E-state index contributed by atoms with van der Waals surface area (Å²) in [5.41, 5.74) is 4.04. The van der Waals surface area contributed by atoms with Crippen LogP contribution < -0.4 is 15.4 Å². The van der Waals surface area contributed by atoms with Crippen molar-refractivity contribution in [1.29, 1.82) is 0 Å². The third-order valence-corrected chi connectivity index (χ3v) is 7.44. The molecule has 0 bridgehead atoms. The normalized spacial score (nSPS) is 17.1. The highest BCUT2D eigenvalue weighted by molar-refractivity contribution is 7.89. The van der Waals surface area contributed by atoms with Gasteiger partial charge in [0.15, 0.2) is 0 Å². The molecular weight excluding hydrogens is 386 g/mol. The average Bonchev–Trinajstić information content (AvgIpc) is 3.19. The van der Waals surface area contributed by atoms with E-state index in [9.17, 15) is 13.2 Å². The van der Waals surface area contributed by atoms with Crippen molar-refractivity contribution in [1.82, 2.24) is 10.0 Å². The van der Waals surface area contributed by atoms with Crippen molar-refractivity contribution in [3.05, 3.63) is 58.7 Å². The van der Waals surface area contributed by atoms with Crippen LogP contribution in [-0.4, -0.2) is 33.5 Å². The smallest absolute Gasteiger partial charge is 0.255 e. The first kappa shape index (κ1) is 20.1. The number of aryl methyl sites for hydroxylation is 1. The summed E-state index contributed by atoms with van der Waals surface area (Å²) >= 11 is 0. The van der Waals surface area contributed by atoms with E-state index in [0.717, 1.165) is 55.5 Å². The molecule has 0 spiro atoms. The number of nitrogens with one attached hydrogen (secondary N) is 3. The second-order valence-corrected chi connectivity index (χ2v) is 9.52. The highest BCUT2D eigenvalue weighted by Crippen LogP contribution is 2.34. The van der Waals surface area contributed by atoms with Crippen molar-refractivity contribution in [2.45, 2.75) is 50.0 Å². The summed E-state index contributed by atoms with van der Waals surface area (Å²) in [6.45, 7) is 3.56. The Hall–Kier alpha value is -2.22. The first-order valence-electron chi connectivity index (χ1n) is 10.2. The fraction of sp³-hybridized carbons (Fsp3) is 0.409. The third-order valence-electron chi connectivity index (χ3n) is 5.83. The molecule has 1 aliphatic carbocycles. The summed E-state index contributed by atoms with van der Waals surface area (Å²) in [6, 6.07) is 10.8. The minimum Gasteiger partial charge on any atom is -0.322 e. The van der Waals surface area contributed by atoms with Crippen molar-refractivity contribution in [3.63, 3.8) is 0 Å². The van der Waals surface area contributed by atoms with Gasteiger partial charge in [-0.25, -0.2) is 13.1 Å². The second-order valence-electron chi connectivity index (χ2n) is 7.84. The number of piperidine rings is 1. The van der Waals surface area contributed by atoms with Crippen LogP contribution in [0.3, 0.4) is 0 Å². The highest BCUT2D eigenvalue weighted by Gasteiger charge is 2.28. The third kappa shape index (κ3) is 4.22. The zero-order valence-electron chi connectivity index (χ0n) is 16.6. The summed E-state index contributed by atoms with van der Waals surface area (Å²) in [7, 11) is -3.58. The predicted molar refractivity (Wildman–Crippen MR) is 114 cm³/mol. The Labute approximate surface area is 172 Å². The van der Waals surface area contributed by atoms with Crippen LogP contribution in [0.5, 0.6) is 0 Å². The van der Waals surface area contributed by atoms with Crippen LogP contribution in [0.2, 0.25) is 0 Å². The van der Waals surface area contributed by atoms with Crippen molar-refractivity contribution < 1.29 is 13.2 Å². The lowest BCUT2D eigenvalue weighted by Gasteiger charge is -2.24. The van der Waals surface area contributed by atoms with Gasteiger partial charge in [-0.3, -0.25) is 4.79 Å². The van der Waals surface area contributed by atoms with Gasteiger partial charge >= 0.3 is 0 Å². The van der Waals surface area contributed by atoms with E-state index in [1.807, 2.05) is 25.1 Å². The van der Waals surface area contributed by atoms with Crippen LogP contribution in [0.25, 0.3) is 0 Å². The molecular formula is C22H27N3O3S. The van der Waals surface area contributed by atoms with E-state index < -0.39 is 10.0 Å². The Morgan fingerprint density at radius 3 is 2.52 bits per heavy atom. The SMILES string of the molecule is Cc1ccccc1C(=O)Nc1ccc(S(=O)(=O)NC2CCNCC2)c2c1CCC2. The van der Waals surface area contributed by atoms with Gasteiger partial charge in [-0.15, -0.1) is 0 Å². The van der Waals surface area contributed by atoms with Crippen LogP contribution in [-0.2, 0) is 22.9 Å². The van der Waals surface area contributed by atoms with Crippen LogP contribution in [0, 0.1) is 6.92 Å². The molecule has 0 atom stereocenters. The molecule has 154 valence electrons. The van der Waals surface area contributed by atoms with Gasteiger partial charge in [-0.2, -0.15) is 0 Å². The van der Waals surface area contributed by atoms with Gasteiger partial charge in [-0.05, 0) is 87.0 Å². The molecule has 3 N–H and O–H groups in total. The minimum atomic E-state index is -3.58. The zero-order valence-corrected chi connectivity index (χ0v) is 17.4. The van der Waals surface area contributed by atoms with Gasteiger partial charge < -0.3 is 10.6 Å². The Kier molecular flexibility index (Phi) is 5.72. The number of carbonyl (C=O) groups is 1. The summed E-state index contributed by atoms with van der Waals surface area (Å²) < 4.78 is 29.0. The van der Waals surface area contributed by atoms with Gasteiger partial charge in [-0.1, -0.05) is 18.2 Å². The lowest BCUT2D eigenvalue weighted by Crippen LogP contribution is -2.42.